The molecule has 1 aliphatic rings. The molecular weight excluding hydrogens is 393 g/mol. The summed E-state index contributed by atoms with van der Waals surface area (Å²) in [5.74, 6) is -1.02. The molecule has 0 saturated carbocycles. The van der Waals surface area contributed by atoms with Gasteiger partial charge in [-0.25, -0.2) is 4.39 Å². The van der Waals surface area contributed by atoms with Gasteiger partial charge in [0.1, 0.15) is 5.82 Å². The van der Waals surface area contributed by atoms with E-state index in [-0.39, 0.29) is 22.4 Å². The quantitative estimate of drug-likeness (QED) is 0.815. The third kappa shape index (κ3) is 5.34. The molecule has 0 atom stereocenters. The van der Waals surface area contributed by atoms with Crippen LogP contribution in [-0.4, -0.2) is 47.8 Å². The first-order valence-electron chi connectivity index (χ1n) is 9.68. The monoisotopic (exact) mass is 417 g/mol. The predicted molar refractivity (Wildman–Crippen MR) is 113 cm³/mol. The Bertz CT molecular complexity index is 902. The Labute approximate surface area is 175 Å². The number of rotatable bonds is 4. The van der Waals surface area contributed by atoms with Gasteiger partial charge in [-0.15, -0.1) is 0 Å². The van der Waals surface area contributed by atoms with Crippen LogP contribution in [0.5, 0.6) is 0 Å². The third-order valence-corrected chi connectivity index (χ3v) is 5.54. The van der Waals surface area contributed by atoms with Gasteiger partial charge in [0.25, 0.3) is 5.91 Å². The first kappa shape index (κ1) is 21.3. The lowest BCUT2D eigenvalue weighted by molar-refractivity contribution is -0.114. The van der Waals surface area contributed by atoms with Gasteiger partial charge in [0.2, 0.25) is 5.91 Å². The van der Waals surface area contributed by atoms with Gasteiger partial charge >= 0.3 is 0 Å². The van der Waals surface area contributed by atoms with E-state index in [0.29, 0.717) is 25.2 Å². The molecule has 3 rings (SSSR count). The summed E-state index contributed by atoms with van der Waals surface area (Å²) in [6.07, 6.45) is 0.806. The number of aryl methyl sites for hydroxylation is 1. The number of hydrogen-bond donors (Lipinski definition) is 1. The Kier molecular flexibility index (Phi) is 6.87. The molecule has 0 spiro atoms. The number of hydrogen-bond acceptors (Lipinski definition) is 3. The first-order valence-corrected chi connectivity index (χ1v) is 10.1. The molecule has 0 aliphatic carbocycles. The van der Waals surface area contributed by atoms with Gasteiger partial charge in [0.15, 0.2) is 0 Å². The van der Waals surface area contributed by atoms with Crippen molar-refractivity contribution < 1.29 is 14.0 Å². The zero-order valence-corrected chi connectivity index (χ0v) is 17.4. The lowest BCUT2D eigenvalue weighted by atomic mass is 10.1. The van der Waals surface area contributed by atoms with E-state index in [0.717, 1.165) is 30.8 Å². The van der Waals surface area contributed by atoms with Gasteiger partial charge in [0, 0.05) is 45.3 Å². The standard InChI is InChI=1S/C22H25ClFN3O2/c1-15-4-9-19(24)20(21(15)23)22(29)27-11-3-10-26(12-13-27)14-17-5-7-18(8-6-17)25-16(2)28/h4-9H,3,10-14H2,1-2H3,(H,25,28). The molecule has 2 amide bonds. The van der Waals surface area contributed by atoms with Crippen molar-refractivity contribution in [2.75, 3.05) is 31.5 Å². The molecule has 0 unspecified atom stereocenters. The Morgan fingerprint density at radius 3 is 2.48 bits per heavy atom. The fourth-order valence-electron chi connectivity index (χ4n) is 3.50. The highest BCUT2D eigenvalue weighted by molar-refractivity contribution is 6.34. The van der Waals surface area contributed by atoms with Crippen LogP contribution in [0.15, 0.2) is 36.4 Å². The minimum absolute atomic E-state index is 0.0336. The van der Waals surface area contributed by atoms with E-state index in [4.69, 9.17) is 11.6 Å². The summed E-state index contributed by atoms with van der Waals surface area (Å²) in [4.78, 5) is 28.0. The van der Waals surface area contributed by atoms with Crippen LogP contribution >= 0.6 is 11.6 Å². The Hall–Kier alpha value is -2.44. The third-order valence-electron chi connectivity index (χ3n) is 5.05. The smallest absolute Gasteiger partial charge is 0.258 e. The van der Waals surface area contributed by atoms with Crippen molar-refractivity contribution in [3.8, 4) is 0 Å². The average Bonchev–Trinajstić information content (AvgIpc) is 2.92. The van der Waals surface area contributed by atoms with Crippen LogP contribution in [0.2, 0.25) is 5.02 Å². The molecule has 154 valence electrons. The highest BCUT2D eigenvalue weighted by Gasteiger charge is 2.25. The van der Waals surface area contributed by atoms with Gasteiger partial charge in [-0.3, -0.25) is 14.5 Å². The topological polar surface area (TPSA) is 52.7 Å². The summed E-state index contributed by atoms with van der Waals surface area (Å²) in [5, 5.41) is 2.94. The van der Waals surface area contributed by atoms with Crippen molar-refractivity contribution in [1.29, 1.82) is 0 Å². The number of carbonyl (C=O) groups is 2. The minimum atomic E-state index is -0.578. The highest BCUT2D eigenvalue weighted by Crippen LogP contribution is 2.25. The van der Waals surface area contributed by atoms with E-state index >= 15 is 0 Å². The van der Waals surface area contributed by atoms with E-state index in [9.17, 15) is 14.0 Å². The molecule has 0 radical (unpaired) electrons. The van der Waals surface area contributed by atoms with Crippen molar-refractivity contribution in [3.63, 3.8) is 0 Å². The summed E-state index contributed by atoms with van der Waals surface area (Å²) < 4.78 is 14.2. The highest BCUT2D eigenvalue weighted by atomic mass is 35.5. The molecule has 29 heavy (non-hydrogen) atoms. The zero-order valence-electron chi connectivity index (χ0n) is 16.7. The second-order valence-corrected chi connectivity index (χ2v) is 7.73. The Balaban J connectivity index is 1.63. The van der Waals surface area contributed by atoms with Crippen molar-refractivity contribution in [2.45, 2.75) is 26.8 Å². The maximum atomic E-state index is 14.2. The van der Waals surface area contributed by atoms with E-state index in [1.807, 2.05) is 24.3 Å². The molecule has 2 aromatic rings. The van der Waals surface area contributed by atoms with Crippen LogP contribution in [0.1, 0.15) is 34.8 Å². The predicted octanol–water partition coefficient (Wildman–Crippen LogP) is 4.09. The number of nitrogens with one attached hydrogen (secondary N) is 1. The second kappa shape index (κ2) is 9.37. The molecule has 1 saturated heterocycles. The lowest BCUT2D eigenvalue weighted by Gasteiger charge is -2.23. The summed E-state index contributed by atoms with van der Waals surface area (Å²) >= 11 is 6.21. The zero-order chi connectivity index (χ0) is 21.0. The van der Waals surface area contributed by atoms with Crippen LogP contribution in [0.4, 0.5) is 10.1 Å². The maximum absolute atomic E-state index is 14.2. The largest absolute Gasteiger partial charge is 0.337 e. The van der Waals surface area contributed by atoms with E-state index in [1.165, 1.54) is 13.0 Å². The van der Waals surface area contributed by atoms with Gasteiger partial charge < -0.3 is 10.2 Å². The summed E-state index contributed by atoms with van der Waals surface area (Å²) in [5.41, 5.74) is 2.56. The molecule has 1 N–H and O–H groups in total. The van der Waals surface area contributed by atoms with Crippen molar-refractivity contribution in [1.82, 2.24) is 9.80 Å². The van der Waals surface area contributed by atoms with Crippen LogP contribution < -0.4 is 5.32 Å². The van der Waals surface area contributed by atoms with Gasteiger partial charge in [-0.2, -0.15) is 0 Å². The van der Waals surface area contributed by atoms with Crippen molar-refractivity contribution >= 4 is 29.1 Å². The first-order chi connectivity index (χ1) is 13.8. The fourth-order valence-corrected chi connectivity index (χ4v) is 3.73. The molecule has 1 heterocycles. The molecule has 2 aromatic carbocycles. The molecule has 1 aliphatic heterocycles. The molecule has 0 bridgehead atoms. The number of nitrogens with zero attached hydrogens (tertiary/aromatic N) is 2. The number of amides is 2. The van der Waals surface area contributed by atoms with E-state index < -0.39 is 5.82 Å². The second-order valence-electron chi connectivity index (χ2n) is 7.35. The SMILES string of the molecule is CC(=O)Nc1ccc(CN2CCCN(C(=O)c3c(F)ccc(C)c3Cl)CC2)cc1. The van der Waals surface area contributed by atoms with Crippen molar-refractivity contribution in [3.05, 3.63) is 63.9 Å². The van der Waals surface area contributed by atoms with Crippen LogP contribution in [0.25, 0.3) is 0 Å². The number of anilines is 1. The number of carbonyl (C=O) groups excluding carboxylic acids is 2. The van der Waals surface area contributed by atoms with Crippen molar-refractivity contribution in [2.24, 2.45) is 0 Å². The minimum Gasteiger partial charge on any atom is -0.337 e. The molecule has 5 nitrogen and oxygen atoms in total. The van der Waals surface area contributed by atoms with Gasteiger partial charge in [-0.1, -0.05) is 29.8 Å². The normalized spacial score (nSPS) is 15.1. The van der Waals surface area contributed by atoms with Gasteiger partial charge in [0.05, 0.1) is 10.6 Å². The maximum Gasteiger partial charge on any atom is 0.258 e. The van der Waals surface area contributed by atoms with Crippen LogP contribution in [-0.2, 0) is 11.3 Å². The summed E-state index contributed by atoms with van der Waals surface area (Å²) in [6.45, 7) is 6.63. The molecular formula is C22H25ClFN3O2. The number of benzene rings is 2. The fraction of sp³-hybridized carbons (Fsp3) is 0.364. The van der Waals surface area contributed by atoms with E-state index in [2.05, 4.69) is 10.2 Å². The van der Waals surface area contributed by atoms with Crippen LogP contribution in [0.3, 0.4) is 0 Å². The molecule has 0 aromatic heterocycles. The lowest BCUT2D eigenvalue weighted by Crippen LogP contribution is -2.35. The van der Waals surface area contributed by atoms with E-state index in [1.54, 1.807) is 17.9 Å². The average molecular weight is 418 g/mol. The molecule has 7 heteroatoms. The number of halogens is 2. The molecule has 1 fully saturated rings. The van der Waals surface area contributed by atoms with Gasteiger partial charge in [-0.05, 0) is 42.7 Å². The summed E-state index contributed by atoms with van der Waals surface area (Å²) in [6, 6.07) is 10.6. The Morgan fingerprint density at radius 1 is 1.07 bits per heavy atom. The Morgan fingerprint density at radius 2 is 1.79 bits per heavy atom. The van der Waals surface area contributed by atoms with Crippen LogP contribution in [0, 0.1) is 12.7 Å². The summed E-state index contributed by atoms with van der Waals surface area (Å²) in [7, 11) is 0.